The SMILES string of the molecule is C.CN1CCN=C1c1ccc(C(=O)Nc2ccc(OCC(=O)O)cc2C(=O)Cc2ccc(Cl)cn2)cc1. The van der Waals surface area contributed by atoms with Crippen LogP contribution in [0.5, 0.6) is 5.75 Å². The lowest BCUT2D eigenvalue weighted by Crippen LogP contribution is -2.23. The number of nitrogens with zero attached hydrogens (tertiary/aromatic N) is 3. The zero-order chi connectivity index (χ0) is 25.7. The maximum absolute atomic E-state index is 13.1. The van der Waals surface area contributed by atoms with E-state index >= 15 is 0 Å². The quantitative estimate of drug-likeness (QED) is 0.404. The molecule has 192 valence electrons. The molecule has 0 radical (unpaired) electrons. The van der Waals surface area contributed by atoms with Crippen LogP contribution in [0, 0.1) is 0 Å². The van der Waals surface area contributed by atoms with Crippen LogP contribution in [-0.4, -0.2) is 65.2 Å². The Labute approximate surface area is 219 Å². The van der Waals surface area contributed by atoms with Gasteiger partial charge in [-0.05, 0) is 42.5 Å². The lowest BCUT2D eigenvalue weighted by atomic mass is 10.0. The Morgan fingerprint density at radius 2 is 1.86 bits per heavy atom. The second-order valence-electron chi connectivity index (χ2n) is 8.12. The number of anilines is 1. The molecule has 0 atom stereocenters. The van der Waals surface area contributed by atoms with E-state index in [0.717, 1.165) is 24.5 Å². The molecule has 1 aliphatic heterocycles. The number of benzene rings is 2. The molecule has 1 aromatic heterocycles. The molecular formula is C27H27ClN4O5. The van der Waals surface area contributed by atoms with E-state index in [1.807, 2.05) is 19.2 Å². The molecule has 0 fully saturated rings. The van der Waals surface area contributed by atoms with Crippen LogP contribution in [0.4, 0.5) is 5.69 Å². The molecule has 0 saturated heterocycles. The number of aliphatic imine (C=N–C) groups is 1. The average molecular weight is 523 g/mol. The van der Waals surface area contributed by atoms with Crippen LogP contribution in [0.1, 0.15) is 39.4 Å². The van der Waals surface area contributed by atoms with Gasteiger partial charge >= 0.3 is 5.97 Å². The van der Waals surface area contributed by atoms with Crippen molar-refractivity contribution in [2.45, 2.75) is 13.8 Å². The van der Waals surface area contributed by atoms with E-state index in [9.17, 15) is 14.4 Å². The van der Waals surface area contributed by atoms with E-state index in [1.54, 1.807) is 24.3 Å². The van der Waals surface area contributed by atoms with Gasteiger partial charge in [0.1, 0.15) is 11.6 Å². The number of Topliss-reactive ketones (excluding diaryl/α,β-unsaturated/α-hetero) is 1. The zero-order valence-corrected chi connectivity index (χ0v) is 20.2. The molecule has 4 rings (SSSR count). The number of nitrogens with one attached hydrogen (secondary N) is 1. The fraction of sp³-hybridized carbons (Fsp3) is 0.222. The van der Waals surface area contributed by atoms with E-state index in [4.69, 9.17) is 21.4 Å². The van der Waals surface area contributed by atoms with Crippen LogP contribution >= 0.6 is 11.6 Å². The Morgan fingerprint density at radius 1 is 1.11 bits per heavy atom. The van der Waals surface area contributed by atoms with Crippen molar-refractivity contribution in [3.8, 4) is 5.75 Å². The number of halogens is 1. The van der Waals surface area contributed by atoms with Gasteiger partial charge in [0.15, 0.2) is 12.4 Å². The first kappa shape index (κ1) is 27.3. The molecule has 0 aliphatic carbocycles. The summed E-state index contributed by atoms with van der Waals surface area (Å²) >= 11 is 5.87. The number of rotatable bonds is 9. The molecule has 0 saturated carbocycles. The lowest BCUT2D eigenvalue weighted by molar-refractivity contribution is -0.139. The van der Waals surface area contributed by atoms with Gasteiger partial charge in [-0.3, -0.25) is 19.6 Å². The third-order valence-corrected chi connectivity index (χ3v) is 5.72. The van der Waals surface area contributed by atoms with Crippen molar-refractivity contribution in [1.82, 2.24) is 9.88 Å². The molecule has 2 heterocycles. The standard InChI is InChI=1S/C26H23ClN4O5.CH4/c1-31-11-10-28-25(31)16-2-4-17(5-3-16)26(35)30-22-9-8-20(36-15-24(33)34)13-21(22)23(32)12-19-7-6-18(27)14-29-19;/h2-9,13-14H,10-12,15H2,1H3,(H,30,35)(H,33,34);1H4. The number of carbonyl (C=O) groups is 3. The third kappa shape index (κ3) is 6.92. The van der Waals surface area contributed by atoms with Crippen molar-refractivity contribution < 1.29 is 24.2 Å². The summed E-state index contributed by atoms with van der Waals surface area (Å²) in [6, 6.07) is 14.7. The summed E-state index contributed by atoms with van der Waals surface area (Å²) in [5.74, 6) is -0.820. The Hall–Kier alpha value is -4.24. The fourth-order valence-corrected chi connectivity index (χ4v) is 3.79. The van der Waals surface area contributed by atoms with Gasteiger partial charge in [0, 0.05) is 42.2 Å². The largest absolute Gasteiger partial charge is 0.482 e. The van der Waals surface area contributed by atoms with Crippen molar-refractivity contribution in [3.05, 3.63) is 88.2 Å². The van der Waals surface area contributed by atoms with Crippen LogP contribution in [0.3, 0.4) is 0 Å². The van der Waals surface area contributed by atoms with E-state index in [1.165, 1.54) is 24.4 Å². The summed E-state index contributed by atoms with van der Waals surface area (Å²) < 4.78 is 5.23. The lowest BCUT2D eigenvalue weighted by Gasteiger charge is -2.15. The molecule has 37 heavy (non-hydrogen) atoms. The molecule has 0 unspecified atom stereocenters. The number of aliphatic carboxylic acids is 1. The van der Waals surface area contributed by atoms with Crippen LogP contribution in [0.15, 0.2) is 65.8 Å². The summed E-state index contributed by atoms with van der Waals surface area (Å²) in [5.41, 5.74) is 2.25. The molecule has 0 spiro atoms. The first-order valence-corrected chi connectivity index (χ1v) is 11.5. The number of carbonyl (C=O) groups excluding carboxylic acids is 2. The summed E-state index contributed by atoms with van der Waals surface area (Å²) in [6.45, 7) is 1.03. The molecule has 9 nitrogen and oxygen atoms in total. The number of ether oxygens (including phenoxy) is 1. The van der Waals surface area contributed by atoms with Gasteiger partial charge < -0.3 is 20.1 Å². The number of aromatic nitrogens is 1. The van der Waals surface area contributed by atoms with Crippen molar-refractivity contribution >= 4 is 40.8 Å². The number of carboxylic acids is 1. The Bertz CT molecular complexity index is 1320. The minimum atomic E-state index is -1.15. The minimum Gasteiger partial charge on any atom is -0.482 e. The number of pyridine rings is 1. The maximum atomic E-state index is 13.1. The van der Waals surface area contributed by atoms with Crippen LogP contribution < -0.4 is 10.1 Å². The topological polar surface area (TPSA) is 121 Å². The highest BCUT2D eigenvalue weighted by atomic mass is 35.5. The van der Waals surface area contributed by atoms with E-state index in [-0.39, 0.29) is 36.6 Å². The van der Waals surface area contributed by atoms with Gasteiger partial charge in [-0.25, -0.2) is 4.79 Å². The molecule has 10 heteroatoms. The summed E-state index contributed by atoms with van der Waals surface area (Å²) in [5, 5.41) is 12.1. The van der Waals surface area contributed by atoms with Crippen LogP contribution in [0.2, 0.25) is 5.02 Å². The highest BCUT2D eigenvalue weighted by molar-refractivity contribution is 6.30. The number of hydrogen-bond donors (Lipinski definition) is 2. The molecular weight excluding hydrogens is 496 g/mol. The third-order valence-electron chi connectivity index (χ3n) is 5.50. The Kier molecular flexibility index (Phi) is 8.97. The predicted molar refractivity (Wildman–Crippen MR) is 142 cm³/mol. The van der Waals surface area contributed by atoms with Gasteiger partial charge in [-0.1, -0.05) is 31.2 Å². The number of hydrogen-bond acceptors (Lipinski definition) is 7. The van der Waals surface area contributed by atoms with Gasteiger partial charge in [0.25, 0.3) is 5.91 Å². The van der Waals surface area contributed by atoms with E-state index < -0.39 is 18.5 Å². The second kappa shape index (κ2) is 12.1. The van der Waals surface area contributed by atoms with Crippen molar-refractivity contribution in [2.75, 3.05) is 32.1 Å². The van der Waals surface area contributed by atoms with E-state index in [0.29, 0.717) is 16.3 Å². The molecule has 2 aromatic carbocycles. The fourth-order valence-electron chi connectivity index (χ4n) is 3.68. The average Bonchev–Trinajstić information content (AvgIpc) is 3.30. The van der Waals surface area contributed by atoms with Gasteiger partial charge in [-0.15, -0.1) is 0 Å². The monoisotopic (exact) mass is 522 g/mol. The number of likely N-dealkylation sites (N-methyl/N-ethyl adjacent to an activating group) is 1. The highest BCUT2D eigenvalue weighted by Gasteiger charge is 2.19. The second-order valence-corrected chi connectivity index (χ2v) is 8.55. The normalized spacial score (nSPS) is 12.4. The minimum absolute atomic E-state index is 0. The highest BCUT2D eigenvalue weighted by Crippen LogP contribution is 2.25. The smallest absolute Gasteiger partial charge is 0.341 e. The van der Waals surface area contributed by atoms with Gasteiger partial charge in [0.2, 0.25) is 0 Å². The van der Waals surface area contributed by atoms with Crippen LogP contribution in [0.25, 0.3) is 0 Å². The summed E-state index contributed by atoms with van der Waals surface area (Å²) in [4.78, 5) is 47.7. The maximum Gasteiger partial charge on any atom is 0.341 e. The molecule has 3 aromatic rings. The van der Waals surface area contributed by atoms with Gasteiger partial charge in [0.05, 0.1) is 23.7 Å². The number of amidine groups is 1. The molecule has 1 amide bonds. The Morgan fingerprint density at radius 3 is 2.49 bits per heavy atom. The number of carboxylic acid groups (broad SMARTS) is 1. The van der Waals surface area contributed by atoms with Crippen molar-refractivity contribution in [1.29, 1.82) is 0 Å². The molecule has 0 bridgehead atoms. The molecule has 1 aliphatic rings. The van der Waals surface area contributed by atoms with Gasteiger partial charge in [-0.2, -0.15) is 0 Å². The Balaban J connectivity index is 0.00000380. The van der Waals surface area contributed by atoms with Crippen molar-refractivity contribution in [2.24, 2.45) is 4.99 Å². The number of ketones is 1. The molecule has 2 N–H and O–H groups in total. The summed E-state index contributed by atoms with van der Waals surface area (Å²) in [6.07, 6.45) is 1.39. The first-order chi connectivity index (χ1) is 17.3. The van der Waals surface area contributed by atoms with Crippen molar-refractivity contribution in [3.63, 3.8) is 0 Å². The zero-order valence-electron chi connectivity index (χ0n) is 19.4. The first-order valence-electron chi connectivity index (χ1n) is 11.1. The summed E-state index contributed by atoms with van der Waals surface area (Å²) in [7, 11) is 1.97. The van der Waals surface area contributed by atoms with E-state index in [2.05, 4.69) is 20.2 Å². The number of amides is 1. The predicted octanol–water partition coefficient (Wildman–Crippen LogP) is 4.20. The van der Waals surface area contributed by atoms with Crippen LogP contribution in [-0.2, 0) is 11.2 Å².